The highest BCUT2D eigenvalue weighted by Gasteiger charge is 2.21. The molecule has 0 fully saturated rings. The van der Waals surface area contributed by atoms with Gasteiger partial charge in [-0.25, -0.2) is 15.0 Å². The molecule has 0 atom stereocenters. The number of pyridine rings is 1. The van der Waals surface area contributed by atoms with Crippen LogP contribution in [0.4, 0.5) is 0 Å². The first kappa shape index (κ1) is 29.0. The van der Waals surface area contributed by atoms with E-state index in [0.29, 0.717) is 5.82 Å². The maximum Gasteiger partial charge on any atom is 0.160 e. The van der Waals surface area contributed by atoms with Crippen LogP contribution in [0.25, 0.3) is 94.3 Å². The molecule has 0 unspecified atom stereocenters. The van der Waals surface area contributed by atoms with E-state index in [9.17, 15) is 0 Å². The molecular formula is C47H30N4. The second kappa shape index (κ2) is 11.9. The number of hydrogen-bond donors (Lipinski definition) is 0. The van der Waals surface area contributed by atoms with Gasteiger partial charge in [0.2, 0.25) is 0 Å². The molecule has 0 spiro atoms. The lowest BCUT2D eigenvalue weighted by Gasteiger charge is -2.12. The first-order valence-electron chi connectivity index (χ1n) is 17.2. The Morgan fingerprint density at radius 3 is 1.75 bits per heavy atom. The second-order valence-corrected chi connectivity index (χ2v) is 12.8. The van der Waals surface area contributed by atoms with Crippen molar-refractivity contribution >= 4 is 43.5 Å². The maximum atomic E-state index is 5.27. The maximum absolute atomic E-state index is 5.27. The molecular weight excluding hydrogens is 621 g/mol. The van der Waals surface area contributed by atoms with Gasteiger partial charge in [-0.2, -0.15) is 0 Å². The molecule has 238 valence electrons. The summed E-state index contributed by atoms with van der Waals surface area (Å²) in [6, 6.07) is 63.7. The van der Waals surface area contributed by atoms with Crippen molar-refractivity contribution in [3.05, 3.63) is 182 Å². The van der Waals surface area contributed by atoms with Crippen LogP contribution < -0.4 is 0 Å². The molecule has 0 radical (unpaired) electrons. The molecule has 10 aromatic rings. The van der Waals surface area contributed by atoms with Gasteiger partial charge in [-0.15, -0.1) is 0 Å². The van der Waals surface area contributed by atoms with Gasteiger partial charge in [0.05, 0.1) is 33.6 Å². The molecule has 51 heavy (non-hydrogen) atoms. The van der Waals surface area contributed by atoms with Gasteiger partial charge in [-0.3, -0.25) is 0 Å². The minimum atomic E-state index is 0.700. The van der Waals surface area contributed by atoms with Crippen molar-refractivity contribution in [2.24, 2.45) is 0 Å². The van der Waals surface area contributed by atoms with Crippen LogP contribution in [0.1, 0.15) is 0 Å². The van der Waals surface area contributed by atoms with E-state index in [4.69, 9.17) is 15.0 Å². The van der Waals surface area contributed by atoms with E-state index < -0.39 is 0 Å². The Morgan fingerprint density at radius 2 is 1.00 bits per heavy atom. The fraction of sp³-hybridized carbons (Fsp3) is 0. The molecule has 0 amide bonds. The molecule has 0 bridgehead atoms. The highest BCUT2D eigenvalue weighted by Crippen LogP contribution is 2.43. The van der Waals surface area contributed by atoms with Crippen LogP contribution in [0.2, 0.25) is 0 Å². The summed E-state index contributed by atoms with van der Waals surface area (Å²) in [5.74, 6) is 0.700. The molecule has 0 aliphatic heterocycles. The fourth-order valence-corrected chi connectivity index (χ4v) is 7.45. The zero-order valence-corrected chi connectivity index (χ0v) is 27.6. The zero-order chi connectivity index (χ0) is 33.7. The predicted molar refractivity (Wildman–Crippen MR) is 211 cm³/mol. The van der Waals surface area contributed by atoms with Crippen molar-refractivity contribution < 1.29 is 0 Å². The van der Waals surface area contributed by atoms with Gasteiger partial charge in [0, 0.05) is 49.5 Å². The van der Waals surface area contributed by atoms with E-state index in [1.54, 1.807) is 0 Å². The monoisotopic (exact) mass is 650 g/mol. The Labute approximate surface area is 295 Å². The van der Waals surface area contributed by atoms with Crippen molar-refractivity contribution in [3.8, 4) is 50.8 Å². The molecule has 0 aliphatic carbocycles. The third-order valence-electron chi connectivity index (χ3n) is 9.78. The van der Waals surface area contributed by atoms with Gasteiger partial charge in [0.15, 0.2) is 5.82 Å². The molecule has 3 heterocycles. The number of aromatic nitrogens is 4. The van der Waals surface area contributed by atoms with Crippen molar-refractivity contribution in [3.63, 3.8) is 0 Å². The molecule has 7 aromatic carbocycles. The van der Waals surface area contributed by atoms with Crippen molar-refractivity contribution in [1.82, 2.24) is 19.5 Å². The molecule has 0 saturated heterocycles. The largest absolute Gasteiger partial charge is 0.309 e. The fourth-order valence-electron chi connectivity index (χ4n) is 7.45. The van der Waals surface area contributed by atoms with Crippen LogP contribution in [0, 0.1) is 0 Å². The Kier molecular flexibility index (Phi) is 6.78. The summed E-state index contributed by atoms with van der Waals surface area (Å²) in [6.45, 7) is 0. The van der Waals surface area contributed by atoms with Crippen LogP contribution >= 0.6 is 0 Å². The van der Waals surface area contributed by atoms with Gasteiger partial charge in [-0.05, 0) is 47.9 Å². The first-order valence-corrected chi connectivity index (χ1v) is 17.2. The second-order valence-electron chi connectivity index (χ2n) is 12.8. The van der Waals surface area contributed by atoms with Gasteiger partial charge < -0.3 is 4.57 Å². The summed E-state index contributed by atoms with van der Waals surface area (Å²) in [5, 5.41) is 5.73. The lowest BCUT2D eigenvalue weighted by molar-refractivity contribution is 1.18. The number of nitrogens with zero attached hydrogens (tertiary/aromatic N) is 4. The summed E-state index contributed by atoms with van der Waals surface area (Å²) < 4.78 is 2.38. The smallest absolute Gasteiger partial charge is 0.160 e. The normalized spacial score (nSPS) is 11.5. The SMILES string of the molecule is c1ccc(-c2cc(-c3cccc4c3c3cc5c(cc3n4-c3ccccc3)c(-c3ccccc3)nc3ccccc35)nc(-c3ccccc3)n2)cc1. The topological polar surface area (TPSA) is 43.6 Å². The minimum absolute atomic E-state index is 0.700. The number of rotatable bonds is 5. The summed E-state index contributed by atoms with van der Waals surface area (Å²) in [4.78, 5) is 15.6. The van der Waals surface area contributed by atoms with Crippen molar-refractivity contribution in [2.75, 3.05) is 0 Å². The van der Waals surface area contributed by atoms with E-state index in [1.165, 1.54) is 5.39 Å². The van der Waals surface area contributed by atoms with Crippen LogP contribution in [0.3, 0.4) is 0 Å². The quantitative estimate of drug-likeness (QED) is 0.174. The molecule has 3 aromatic heterocycles. The van der Waals surface area contributed by atoms with Crippen molar-refractivity contribution in [2.45, 2.75) is 0 Å². The van der Waals surface area contributed by atoms with Gasteiger partial charge in [0.1, 0.15) is 0 Å². The minimum Gasteiger partial charge on any atom is -0.309 e. The van der Waals surface area contributed by atoms with E-state index in [-0.39, 0.29) is 0 Å². The predicted octanol–water partition coefficient (Wildman–Crippen LogP) is 11.9. The van der Waals surface area contributed by atoms with Crippen molar-refractivity contribution in [1.29, 1.82) is 0 Å². The van der Waals surface area contributed by atoms with E-state index in [0.717, 1.165) is 83.1 Å². The summed E-state index contributed by atoms with van der Waals surface area (Å²) in [7, 11) is 0. The standard InChI is InChI=1S/C47H30N4/c1-5-16-31(17-6-1)41-30-42(50-47(49-41)33-20-9-3-10-21-33)36-25-15-27-43-45(36)39-28-37-35-24-13-14-26-40(35)48-46(32-18-7-2-8-19-32)38(37)29-44(39)51(43)34-22-11-4-12-23-34/h1-30H. The summed E-state index contributed by atoms with van der Waals surface area (Å²) >= 11 is 0. The zero-order valence-electron chi connectivity index (χ0n) is 27.6. The van der Waals surface area contributed by atoms with Gasteiger partial charge >= 0.3 is 0 Å². The van der Waals surface area contributed by atoms with E-state index >= 15 is 0 Å². The third-order valence-corrected chi connectivity index (χ3v) is 9.78. The van der Waals surface area contributed by atoms with E-state index in [1.807, 2.05) is 24.3 Å². The number of hydrogen-bond acceptors (Lipinski definition) is 3. The number of benzene rings is 7. The Morgan fingerprint density at radius 1 is 0.373 bits per heavy atom. The van der Waals surface area contributed by atoms with Crippen LogP contribution in [-0.2, 0) is 0 Å². The molecule has 10 rings (SSSR count). The molecule has 0 aliphatic rings. The van der Waals surface area contributed by atoms with Crippen LogP contribution in [0.5, 0.6) is 0 Å². The average Bonchev–Trinajstić information content (AvgIpc) is 3.54. The Balaban J connectivity index is 1.35. The number of para-hydroxylation sites is 2. The molecule has 0 saturated carbocycles. The van der Waals surface area contributed by atoms with Crippen LogP contribution in [-0.4, -0.2) is 19.5 Å². The third kappa shape index (κ3) is 4.88. The Hall–Kier alpha value is -6.91. The molecule has 4 heteroatoms. The van der Waals surface area contributed by atoms with Crippen LogP contribution in [0.15, 0.2) is 182 Å². The lowest BCUT2D eigenvalue weighted by Crippen LogP contribution is -1.96. The van der Waals surface area contributed by atoms with Gasteiger partial charge in [-0.1, -0.05) is 140 Å². The highest BCUT2D eigenvalue weighted by molar-refractivity contribution is 6.22. The highest BCUT2D eigenvalue weighted by atomic mass is 15.0. The Bertz CT molecular complexity index is 2820. The molecule has 0 N–H and O–H groups in total. The first-order chi connectivity index (χ1) is 25.3. The molecule has 4 nitrogen and oxygen atoms in total. The summed E-state index contributed by atoms with van der Waals surface area (Å²) in [5.41, 5.74) is 11.2. The number of fused-ring (bicyclic) bond motifs is 6. The van der Waals surface area contributed by atoms with Gasteiger partial charge in [0.25, 0.3) is 0 Å². The average molecular weight is 651 g/mol. The summed E-state index contributed by atoms with van der Waals surface area (Å²) in [6.07, 6.45) is 0. The lowest BCUT2D eigenvalue weighted by atomic mass is 9.96. The van der Waals surface area contributed by atoms with E-state index in [2.05, 4.69) is 162 Å².